The first kappa shape index (κ1) is 10.5. The summed E-state index contributed by atoms with van der Waals surface area (Å²) in [6, 6.07) is 9.68. The van der Waals surface area contributed by atoms with Gasteiger partial charge in [-0.25, -0.2) is 4.79 Å². The molecule has 0 aliphatic carbocycles. The molecule has 4 N–H and O–H groups in total. The molecule has 4 heteroatoms. The van der Waals surface area contributed by atoms with Crippen LogP contribution in [0.25, 0.3) is 0 Å². The van der Waals surface area contributed by atoms with Crippen molar-refractivity contribution in [2.75, 3.05) is 6.54 Å². The maximum absolute atomic E-state index is 10.5. The topological polar surface area (TPSA) is 78.3 Å². The summed E-state index contributed by atoms with van der Waals surface area (Å²) in [4.78, 5) is 10.5. The maximum Gasteiger partial charge on any atom is 0.404 e. The van der Waals surface area contributed by atoms with Crippen molar-refractivity contribution in [3.63, 3.8) is 0 Å². The van der Waals surface area contributed by atoms with Crippen LogP contribution in [-0.4, -0.2) is 18.7 Å². The van der Waals surface area contributed by atoms with Gasteiger partial charge in [-0.2, -0.15) is 0 Å². The average Bonchev–Trinajstić information content (AvgIpc) is 2.17. The molecule has 0 spiro atoms. The number of nitrogens with two attached hydrogens (primary N) is 2. The number of carbonyl (C=O) groups excluding carboxylic acids is 1. The average molecular weight is 194 g/mol. The number of hydrogen-bond donors (Lipinski definition) is 2. The van der Waals surface area contributed by atoms with E-state index >= 15 is 0 Å². The van der Waals surface area contributed by atoms with E-state index in [1.165, 1.54) is 0 Å². The fourth-order valence-electron chi connectivity index (χ4n) is 1.21. The molecule has 0 fully saturated rings. The molecule has 76 valence electrons. The van der Waals surface area contributed by atoms with Crippen LogP contribution < -0.4 is 11.5 Å². The second-order valence-corrected chi connectivity index (χ2v) is 2.98. The van der Waals surface area contributed by atoms with Crippen molar-refractivity contribution >= 4 is 6.09 Å². The summed E-state index contributed by atoms with van der Waals surface area (Å²) >= 11 is 0. The van der Waals surface area contributed by atoms with Crippen molar-refractivity contribution in [3.05, 3.63) is 35.9 Å². The van der Waals surface area contributed by atoms with Crippen molar-refractivity contribution in [1.82, 2.24) is 0 Å². The summed E-state index contributed by atoms with van der Waals surface area (Å²) in [5, 5.41) is 0. The van der Waals surface area contributed by atoms with Crippen LogP contribution in [0.2, 0.25) is 0 Å². The minimum absolute atomic E-state index is 0.276. The monoisotopic (exact) mass is 194 g/mol. The van der Waals surface area contributed by atoms with Crippen LogP contribution in [0.4, 0.5) is 4.79 Å². The van der Waals surface area contributed by atoms with E-state index in [1.807, 2.05) is 30.3 Å². The highest BCUT2D eigenvalue weighted by molar-refractivity contribution is 5.64. The van der Waals surface area contributed by atoms with Gasteiger partial charge in [0, 0.05) is 13.0 Å². The standard InChI is InChI=1S/C10H14N2O2/c11-7-9(14-10(12)13)6-8-4-2-1-3-5-8/h1-5,9H,6-7,11H2,(H2,12,13)/t9-/m1/s1. The summed E-state index contributed by atoms with van der Waals surface area (Å²) in [6.07, 6.45) is -0.522. The fraction of sp³-hybridized carbons (Fsp3) is 0.300. The van der Waals surface area contributed by atoms with Gasteiger partial charge in [0.25, 0.3) is 0 Å². The molecule has 4 nitrogen and oxygen atoms in total. The van der Waals surface area contributed by atoms with Crippen molar-refractivity contribution in [2.45, 2.75) is 12.5 Å². The number of benzene rings is 1. The highest BCUT2D eigenvalue weighted by Gasteiger charge is 2.10. The highest BCUT2D eigenvalue weighted by Crippen LogP contribution is 2.04. The lowest BCUT2D eigenvalue weighted by molar-refractivity contribution is 0.111. The van der Waals surface area contributed by atoms with Gasteiger partial charge in [0.1, 0.15) is 6.10 Å². The van der Waals surface area contributed by atoms with Gasteiger partial charge in [0.15, 0.2) is 0 Å². The van der Waals surface area contributed by atoms with E-state index in [9.17, 15) is 4.79 Å². The number of ether oxygens (including phenoxy) is 1. The Balaban J connectivity index is 2.53. The van der Waals surface area contributed by atoms with Gasteiger partial charge in [-0.15, -0.1) is 0 Å². The first-order valence-corrected chi connectivity index (χ1v) is 4.42. The molecular formula is C10H14N2O2. The predicted octanol–water partition coefficient (Wildman–Crippen LogP) is 0.652. The van der Waals surface area contributed by atoms with Gasteiger partial charge in [-0.1, -0.05) is 30.3 Å². The fourth-order valence-corrected chi connectivity index (χ4v) is 1.21. The van der Waals surface area contributed by atoms with Gasteiger partial charge in [0.05, 0.1) is 0 Å². The van der Waals surface area contributed by atoms with Crippen LogP contribution in [0.3, 0.4) is 0 Å². The summed E-state index contributed by atoms with van der Waals surface area (Å²) in [5.74, 6) is 0. The summed E-state index contributed by atoms with van der Waals surface area (Å²) in [5.41, 5.74) is 11.4. The minimum Gasteiger partial charge on any atom is -0.445 e. The van der Waals surface area contributed by atoms with Crippen molar-refractivity contribution in [2.24, 2.45) is 11.5 Å². The van der Waals surface area contributed by atoms with Gasteiger partial charge >= 0.3 is 6.09 Å². The van der Waals surface area contributed by atoms with Gasteiger partial charge in [0.2, 0.25) is 0 Å². The third-order valence-corrected chi connectivity index (χ3v) is 1.85. The summed E-state index contributed by atoms with van der Waals surface area (Å²) < 4.78 is 4.82. The SMILES string of the molecule is NC[C@@H](Cc1ccccc1)OC(N)=O. The number of rotatable bonds is 4. The Morgan fingerprint density at radius 2 is 2.00 bits per heavy atom. The molecule has 0 heterocycles. The van der Waals surface area contributed by atoms with E-state index in [0.717, 1.165) is 5.56 Å². The number of primary amides is 1. The smallest absolute Gasteiger partial charge is 0.404 e. The largest absolute Gasteiger partial charge is 0.445 e. The Labute approximate surface area is 82.8 Å². The molecule has 0 aliphatic rings. The zero-order valence-electron chi connectivity index (χ0n) is 7.85. The maximum atomic E-state index is 10.5. The molecule has 0 radical (unpaired) electrons. The first-order valence-electron chi connectivity index (χ1n) is 4.42. The van der Waals surface area contributed by atoms with E-state index in [1.54, 1.807) is 0 Å². The predicted molar refractivity (Wildman–Crippen MR) is 53.7 cm³/mol. The van der Waals surface area contributed by atoms with Crippen LogP contribution >= 0.6 is 0 Å². The van der Waals surface area contributed by atoms with Gasteiger partial charge in [-0.3, -0.25) is 0 Å². The van der Waals surface area contributed by atoms with E-state index in [2.05, 4.69) is 0 Å². The Bertz CT molecular complexity index is 287. The van der Waals surface area contributed by atoms with Crippen LogP contribution in [0.15, 0.2) is 30.3 Å². The molecule has 1 rings (SSSR count). The lowest BCUT2D eigenvalue weighted by atomic mass is 10.1. The molecule has 14 heavy (non-hydrogen) atoms. The lowest BCUT2D eigenvalue weighted by Crippen LogP contribution is -2.31. The zero-order chi connectivity index (χ0) is 10.4. The van der Waals surface area contributed by atoms with Gasteiger partial charge in [-0.05, 0) is 5.56 Å². The third kappa shape index (κ3) is 3.45. The second-order valence-electron chi connectivity index (χ2n) is 2.98. The Hall–Kier alpha value is -1.55. The first-order chi connectivity index (χ1) is 6.72. The summed E-state index contributed by atoms with van der Waals surface area (Å²) in [7, 11) is 0. The van der Waals surface area contributed by atoms with Crippen LogP contribution in [-0.2, 0) is 11.2 Å². The van der Waals surface area contributed by atoms with Crippen LogP contribution in [0.5, 0.6) is 0 Å². The molecule has 1 aromatic rings. The highest BCUT2D eigenvalue weighted by atomic mass is 16.6. The Kier molecular flexibility index (Phi) is 3.94. The molecule has 0 aliphatic heterocycles. The third-order valence-electron chi connectivity index (χ3n) is 1.85. The molecule has 1 atom stereocenters. The quantitative estimate of drug-likeness (QED) is 0.738. The zero-order valence-corrected chi connectivity index (χ0v) is 7.85. The van der Waals surface area contributed by atoms with Gasteiger partial charge < -0.3 is 16.2 Å². The molecule has 0 bridgehead atoms. The molecule has 1 aromatic carbocycles. The van der Waals surface area contributed by atoms with Crippen LogP contribution in [0.1, 0.15) is 5.56 Å². The molecule has 0 aromatic heterocycles. The lowest BCUT2D eigenvalue weighted by Gasteiger charge is -2.14. The molecule has 0 saturated heterocycles. The molecule has 0 saturated carbocycles. The van der Waals surface area contributed by atoms with E-state index in [0.29, 0.717) is 6.42 Å². The van der Waals surface area contributed by atoms with Crippen molar-refractivity contribution in [1.29, 1.82) is 0 Å². The Morgan fingerprint density at radius 1 is 1.36 bits per heavy atom. The molecule has 0 unspecified atom stereocenters. The molecule has 1 amide bonds. The number of carbonyl (C=O) groups is 1. The van der Waals surface area contributed by atoms with Crippen molar-refractivity contribution in [3.8, 4) is 0 Å². The second kappa shape index (κ2) is 5.24. The molecular weight excluding hydrogens is 180 g/mol. The van der Waals surface area contributed by atoms with E-state index < -0.39 is 6.09 Å². The summed E-state index contributed by atoms with van der Waals surface area (Å²) in [6.45, 7) is 0.276. The van der Waals surface area contributed by atoms with E-state index in [4.69, 9.17) is 16.2 Å². The Morgan fingerprint density at radius 3 is 2.50 bits per heavy atom. The van der Waals surface area contributed by atoms with E-state index in [-0.39, 0.29) is 12.6 Å². The minimum atomic E-state index is -0.781. The number of amides is 1. The van der Waals surface area contributed by atoms with Crippen molar-refractivity contribution < 1.29 is 9.53 Å². The van der Waals surface area contributed by atoms with Crippen LogP contribution in [0, 0.1) is 0 Å². The normalized spacial score (nSPS) is 12.1. The number of hydrogen-bond acceptors (Lipinski definition) is 3.